The Bertz CT molecular complexity index is 500. The highest BCUT2D eigenvalue weighted by molar-refractivity contribution is 5.83. The van der Waals surface area contributed by atoms with Gasteiger partial charge in [0.2, 0.25) is 0 Å². The van der Waals surface area contributed by atoms with Crippen molar-refractivity contribution in [1.29, 1.82) is 0 Å². The molecule has 0 aliphatic heterocycles. The van der Waals surface area contributed by atoms with Gasteiger partial charge in [-0.25, -0.2) is 0 Å². The van der Waals surface area contributed by atoms with Crippen LogP contribution in [0.1, 0.15) is 38.3 Å². The van der Waals surface area contributed by atoms with Crippen LogP contribution in [-0.2, 0) is 9.59 Å². The van der Waals surface area contributed by atoms with Crippen molar-refractivity contribution in [3.05, 3.63) is 35.9 Å². The van der Waals surface area contributed by atoms with E-state index in [9.17, 15) is 9.59 Å². The third-order valence-corrected chi connectivity index (χ3v) is 3.94. The lowest BCUT2D eigenvalue weighted by Crippen LogP contribution is -3.14. The van der Waals surface area contributed by atoms with Crippen molar-refractivity contribution >= 4 is 11.8 Å². The molecule has 0 spiro atoms. The van der Waals surface area contributed by atoms with E-state index in [1.807, 2.05) is 44.2 Å². The third-order valence-electron chi connectivity index (χ3n) is 3.94. The van der Waals surface area contributed by atoms with Crippen LogP contribution >= 0.6 is 0 Å². The SMILES string of the molecule is CCNC(=O)C[NH+](CC)[C@H](C(=O)NC1CC1)c1ccccc1. The van der Waals surface area contributed by atoms with E-state index >= 15 is 0 Å². The van der Waals surface area contributed by atoms with Gasteiger partial charge in [-0.3, -0.25) is 9.59 Å². The molecule has 1 fully saturated rings. The van der Waals surface area contributed by atoms with Gasteiger partial charge in [-0.2, -0.15) is 0 Å². The van der Waals surface area contributed by atoms with Gasteiger partial charge in [-0.1, -0.05) is 30.3 Å². The Labute approximate surface area is 132 Å². The molecule has 2 atom stereocenters. The average Bonchev–Trinajstić information content (AvgIpc) is 3.31. The fraction of sp³-hybridized carbons (Fsp3) is 0.529. The second-order valence-corrected chi connectivity index (χ2v) is 5.77. The van der Waals surface area contributed by atoms with Gasteiger partial charge in [0, 0.05) is 18.2 Å². The second kappa shape index (κ2) is 7.94. The van der Waals surface area contributed by atoms with Gasteiger partial charge in [0.05, 0.1) is 6.54 Å². The molecule has 5 heteroatoms. The van der Waals surface area contributed by atoms with Gasteiger partial charge in [0.1, 0.15) is 0 Å². The van der Waals surface area contributed by atoms with Crippen LogP contribution in [0.4, 0.5) is 0 Å². The van der Waals surface area contributed by atoms with Gasteiger partial charge in [0.25, 0.3) is 11.8 Å². The van der Waals surface area contributed by atoms with Gasteiger partial charge in [-0.05, 0) is 26.7 Å². The summed E-state index contributed by atoms with van der Waals surface area (Å²) in [5.41, 5.74) is 0.960. The maximum atomic E-state index is 12.7. The lowest BCUT2D eigenvalue weighted by atomic mass is 10.0. The summed E-state index contributed by atoms with van der Waals surface area (Å²) in [5.74, 6) is 0.00866. The number of quaternary nitrogens is 1. The number of hydrogen-bond acceptors (Lipinski definition) is 2. The first-order valence-corrected chi connectivity index (χ1v) is 8.12. The fourth-order valence-electron chi connectivity index (χ4n) is 2.63. The van der Waals surface area contributed by atoms with Crippen LogP contribution in [0.2, 0.25) is 0 Å². The van der Waals surface area contributed by atoms with Crippen molar-refractivity contribution in [2.75, 3.05) is 19.6 Å². The monoisotopic (exact) mass is 304 g/mol. The summed E-state index contributed by atoms with van der Waals surface area (Å²) in [6, 6.07) is 9.72. The number of hydrogen-bond donors (Lipinski definition) is 3. The van der Waals surface area contributed by atoms with Crippen molar-refractivity contribution in [3.8, 4) is 0 Å². The van der Waals surface area contributed by atoms with Crippen LogP contribution in [0.15, 0.2) is 30.3 Å². The Kier molecular flexibility index (Phi) is 5.95. The molecule has 120 valence electrons. The zero-order valence-electron chi connectivity index (χ0n) is 13.4. The number of rotatable bonds is 8. The fourth-order valence-corrected chi connectivity index (χ4v) is 2.63. The lowest BCUT2D eigenvalue weighted by molar-refractivity contribution is -0.912. The summed E-state index contributed by atoms with van der Waals surface area (Å²) >= 11 is 0. The summed E-state index contributed by atoms with van der Waals surface area (Å²) in [7, 11) is 0. The van der Waals surface area contributed by atoms with E-state index in [-0.39, 0.29) is 17.9 Å². The van der Waals surface area contributed by atoms with Crippen LogP contribution in [0.25, 0.3) is 0 Å². The summed E-state index contributed by atoms with van der Waals surface area (Å²) in [6.07, 6.45) is 2.12. The van der Waals surface area contributed by atoms with E-state index in [0.717, 1.165) is 29.8 Å². The Hall–Kier alpha value is -1.88. The Morgan fingerprint density at radius 3 is 2.45 bits per heavy atom. The molecule has 0 aromatic heterocycles. The maximum absolute atomic E-state index is 12.7. The first-order chi connectivity index (χ1) is 10.7. The second-order valence-electron chi connectivity index (χ2n) is 5.77. The lowest BCUT2D eigenvalue weighted by Gasteiger charge is -2.26. The molecule has 1 aromatic rings. The molecular formula is C17H26N3O2+. The molecule has 1 unspecified atom stereocenters. The van der Waals surface area contributed by atoms with E-state index in [4.69, 9.17) is 0 Å². The van der Waals surface area contributed by atoms with Crippen LogP contribution < -0.4 is 15.5 Å². The van der Waals surface area contributed by atoms with E-state index in [1.54, 1.807) is 0 Å². The van der Waals surface area contributed by atoms with Gasteiger partial charge >= 0.3 is 0 Å². The minimum Gasteiger partial charge on any atom is -0.351 e. The predicted octanol–water partition coefficient (Wildman–Crippen LogP) is 0.0472. The number of likely N-dealkylation sites (N-methyl/N-ethyl adjacent to an activating group) is 2. The van der Waals surface area contributed by atoms with Crippen LogP contribution in [0, 0.1) is 0 Å². The number of amides is 2. The molecule has 22 heavy (non-hydrogen) atoms. The van der Waals surface area contributed by atoms with Crippen molar-refractivity contribution in [1.82, 2.24) is 10.6 Å². The molecule has 0 saturated heterocycles. The Morgan fingerprint density at radius 2 is 1.91 bits per heavy atom. The zero-order valence-corrected chi connectivity index (χ0v) is 13.4. The summed E-state index contributed by atoms with van der Waals surface area (Å²) < 4.78 is 0. The highest BCUT2D eigenvalue weighted by Crippen LogP contribution is 2.20. The van der Waals surface area contributed by atoms with Crippen molar-refractivity contribution in [3.63, 3.8) is 0 Å². The van der Waals surface area contributed by atoms with Crippen molar-refractivity contribution in [2.24, 2.45) is 0 Å². The normalized spacial score (nSPS) is 16.6. The number of benzene rings is 1. The van der Waals surface area contributed by atoms with E-state index in [0.29, 0.717) is 19.1 Å². The molecule has 3 N–H and O–H groups in total. The van der Waals surface area contributed by atoms with Gasteiger partial charge in [-0.15, -0.1) is 0 Å². The maximum Gasteiger partial charge on any atom is 0.283 e. The molecule has 2 rings (SSSR count). The molecule has 0 heterocycles. The standard InChI is InChI=1S/C17H25N3O2/c1-3-18-15(21)12-20(4-2)16(13-8-6-5-7-9-13)17(22)19-14-10-11-14/h5-9,14,16H,3-4,10-12H2,1-2H3,(H,18,21)(H,19,22)/p+1/t16-/m0/s1. The van der Waals surface area contributed by atoms with Crippen molar-refractivity contribution < 1.29 is 14.5 Å². The zero-order chi connectivity index (χ0) is 15.9. The van der Waals surface area contributed by atoms with Crippen LogP contribution in [-0.4, -0.2) is 37.5 Å². The molecule has 5 nitrogen and oxygen atoms in total. The molecule has 0 bridgehead atoms. The molecule has 1 aliphatic carbocycles. The third kappa shape index (κ3) is 4.56. The van der Waals surface area contributed by atoms with Crippen LogP contribution in [0.3, 0.4) is 0 Å². The first kappa shape index (κ1) is 16.5. The highest BCUT2D eigenvalue weighted by atomic mass is 16.2. The minimum absolute atomic E-state index is 0.0143. The largest absolute Gasteiger partial charge is 0.351 e. The molecule has 1 aliphatic rings. The van der Waals surface area contributed by atoms with Gasteiger partial charge < -0.3 is 15.5 Å². The predicted molar refractivity (Wildman–Crippen MR) is 85.4 cm³/mol. The Morgan fingerprint density at radius 1 is 1.23 bits per heavy atom. The van der Waals surface area contributed by atoms with E-state index in [2.05, 4.69) is 10.6 Å². The highest BCUT2D eigenvalue weighted by Gasteiger charge is 2.35. The summed E-state index contributed by atoms with van der Waals surface area (Å²) in [5, 5.41) is 5.90. The van der Waals surface area contributed by atoms with E-state index in [1.165, 1.54) is 0 Å². The van der Waals surface area contributed by atoms with Gasteiger partial charge in [0.15, 0.2) is 12.6 Å². The number of carbonyl (C=O) groups excluding carboxylic acids is 2. The summed E-state index contributed by atoms with van der Waals surface area (Å²) in [4.78, 5) is 25.6. The van der Waals surface area contributed by atoms with Crippen LogP contribution in [0.5, 0.6) is 0 Å². The molecule has 2 amide bonds. The molecular weight excluding hydrogens is 278 g/mol. The molecule has 0 radical (unpaired) electrons. The topological polar surface area (TPSA) is 62.6 Å². The summed E-state index contributed by atoms with van der Waals surface area (Å²) in [6.45, 7) is 5.55. The first-order valence-electron chi connectivity index (χ1n) is 8.12. The number of nitrogens with one attached hydrogen (secondary N) is 3. The Balaban J connectivity index is 2.16. The van der Waals surface area contributed by atoms with E-state index < -0.39 is 0 Å². The molecule has 1 saturated carbocycles. The average molecular weight is 304 g/mol. The minimum atomic E-state index is -0.339. The number of carbonyl (C=O) groups is 2. The smallest absolute Gasteiger partial charge is 0.283 e. The van der Waals surface area contributed by atoms with Crippen molar-refractivity contribution in [2.45, 2.75) is 38.8 Å². The quantitative estimate of drug-likeness (QED) is 0.635. The molecule has 1 aromatic carbocycles.